The molecule has 0 atom stereocenters. The van der Waals surface area contributed by atoms with Gasteiger partial charge in [-0.15, -0.1) is 0 Å². The van der Waals surface area contributed by atoms with Crippen molar-refractivity contribution in [3.8, 4) is 5.75 Å². The van der Waals surface area contributed by atoms with E-state index in [-0.39, 0.29) is 5.75 Å². The molecule has 0 fully saturated rings. The van der Waals surface area contributed by atoms with Crippen LogP contribution in [0.1, 0.15) is 5.56 Å². The first-order chi connectivity index (χ1) is 6.70. The molecule has 0 unspecified atom stereocenters. The van der Waals surface area contributed by atoms with Gasteiger partial charge in [0.15, 0.2) is 0 Å². The van der Waals surface area contributed by atoms with Crippen LogP contribution in [0.4, 0.5) is 0 Å². The van der Waals surface area contributed by atoms with Crippen LogP contribution in [0, 0.1) is 0 Å². The first-order valence-electron chi connectivity index (χ1n) is 4.32. The normalized spacial score (nSPS) is 10.7. The number of fused-ring (bicyclic) bond motifs is 1. The summed E-state index contributed by atoms with van der Waals surface area (Å²) in [6.45, 7) is 0.440. The Labute approximate surface area is 90.5 Å². The summed E-state index contributed by atoms with van der Waals surface area (Å²) in [6.07, 6.45) is 0. The van der Waals surface area contributed by atoms with Crippen LogP contribution < -0.4 is 5.73 Å². The van der Waals surface area contributed by atoms with Crippen LogP contribution in [0.2, 0.25) is 0 Å². The van der Waals surface area contributed by atoms with E-state index >= 15 is 0 Å². The van der Waals surface area contributed by atoms with E-state index in [0.717, 1.165) is 20.8 Å². The summed E-state index contributed by atoms with van der Waals surface area (Å²) in [6, 6.07) is 9.45. The number of phenolic OH excluding ortho intramolecular Hbond substituents is 1. The molecule has 2 aromatic rings. The molecular formula is C11H10BrNO. The number of benzene rings is 2. The molecule has 0 spiro atoms. The number of nitrogens with two attached hydrogens (primary N) is 1. The number of halogens is 1. The van der Waals surface area contributed by atoms with Gasteiger partial charge in [0, 0.05) is 16.4 Å². The lowest BCUT2D eigenvalue weighted by molar-refractivity contribution is 0.481. The molecule has 0 heterocycles. The van der Waals surface area contributed by atoms with Crippen molar-refractivity contribution < 1.29 is 5.11 Å². The summed E-state index contributed by atoms with van der Waals surface area (Å²) in [7, 11) is 0. The predicted molar refractivity (Wildman–Crippen MR) is 61.2 cm³/mol. The van der Waals surface area contributed by atoms with Gasteiger partial charge in [0.1, 0.15) is 5.75 Å². The first kappa shape index (κ1) is 9.49. The molecule has 0 aliphatic rings. The van der Waals surface area contributed by atoms with Crippen LogP contribution >= 0.6 is 15.9 Å². The van der Waals surface area contributed by atoms with E-state index in [2.05, 4.69) is 15.9 Å². The van der Waals surface area contributed by atoms with Crippen molar-refractivity contribution in [3.63, 3.8) is 0 Å². The quantitative estimate of drug-likeness (QED) is 0.819. The molecular weight excluding hydrogens is 242 g/mol. The molecule has 0 saturated heterocycles. The highest BCUT2D eigenvalue weighted by Crippen LogP contribution is 2.28. The lowest BCUT2D eigenvalue weighted by atomic mass is 10.1. The van der Waals surface area contributed by atoms with Gasteiger partial charge in [-0.3, -0.25) is 0 Å². The smallest absolute Gasteiger partial charge is 0.123 e. The Morgan fingerprint density at radius 1 is 1.21 bits per heavy atom. The fraction of sp³-hybridized carbons (Fsp3) is 0.0909. The van der Waals surface area contributed by atoms with Gasteiger partial charge in [-0.05, 0) is 41.3 Å². The number of rotatable bonds is 1. The molecule has 0 aliphatic carbocycles. The zero-order valence-electron chi connectivity index (χ0n) is 7.50. The van der Waals surface area contributed by atoms with Gasteiger partial charge in [0.05, 0.1) is 0 Å². The SMILES string of the molecule is NCc1cc(O)c2ccc(Br)cc2c1. The van der Waals surface area contributed by atoms with Crippen LogP contribution in [-0.4, -0.2) is 5.11 Å². The Bertz CT molecular complexity index is 482. The van der Waals surface area contributed by atoms with Gasteiger partial charge >= 0.3 is 0 Å². The van der Waals surface area contributed by atoms with Crippen molar-refractivity contribution in [2.75, 3.05) is 0 Å². The van der Waals surface area contributed by atoms with Crippen molar-refractivity contribution in [3.05, 3.63) is 40.4 Å². The molecule has 2 aromatic carbocycles. The van der Waals surface area contributed by atoms with E-state index in [1.165, 1.54) is 0 Å². The fourth-order valence-electron chi connectivity index (χ4n) is 1.50. The lowest BCUT2D eigenvalue weighted by Gasteiger charge is -2.04. The lowest BCUT2D eigenvalue weighted by Crippen LogP contribution is -1.95. The van der Waals surface area contributed by atoms with Crippen molar-refractivity contribution >= 4 is 26.7 Å². The minimum absolute atomic E-state index is 0.287. The predicted octanol–water partition coefficient (Wildman–Crippen LogP) is 2.77. The third-order valence-corrected chi connectivity index (χ3v) is 2.68. The van der Waals surface area contributed by atoms with E-state index in [1.54, 1.807) is 6.07 Å². The van der Waals surface area contributed by atoms with Gasteiger partial charge in [-0.1, -0.05) is 15.9 Å². The molecule has 0 amide bonds. The molecule has 0 aromatic heterocycles. The van der Waals surface area contributed by atoms with Crippen molar-refractivity contribution in [1.82, 2.24) is 0 Å². The molecule has 0 radical (unpaired) electrons. The number of hydrogen-bond acceptors (Lipinski definition) is 2. The summed E-state index contributed by atoms with van der Waals surface area (Å²) in [5.41, 5.74) is 6.46. The Balaban J connectivity index is 2.77. The monoisotopic (exact) mass is 251 g/mol. The van der Waals surface area contributed by atoms with E-state index < -0.39 is 0 Å². The second-order valence-corrected chi connectivity index (χ2v) is 4.10. The van der Waals surface area contributed by atoms with E-state index in [4.69, 9.17) is 5.73 Å². The second kappa shape index (κ2) is 3.59. The Hall–Kier alpha value is -1.06. The van der Waals surface area contributed by atoms with Gasteiger partial charge < -0.3 is 10.8 Å². The van der Waals surface area contributed by atoms with Crippen LogP contribution in [0.5, 0.6) is 5.75 Å². The Morgan fingerprint density at radius 2 is 2.00 bits per heavy atom. The highest BCUT2D eigenvalue weighted by molar-refractivity contribution is 9.10. The summed E-state index contributed by atoms with van der Waals surface area (Å²) in [5, 5.41) is 11.6. The van der Waals surface area contributed by atoms with Crippen LogP contribution in [-0.2, 0) is 6.54 Å². The molecule has 3 heteroatoms. The third kappa shape index (κ3) is 1.61. The average Bonchev–Trinajstić information content (AvgIpc) is 2.16. The molecule has 0 bridgehead atoms. The van der Waals surface area contributed by atoms with Crippen LogP contribution in [0.25, 0.3) is 10.8 Å². The molecule has 2 rings (SSSR count). The molecule has 72 valence electrons. The minimum atomic E-state index is 0.287. The maximum absolute atomic E-state index is 9.70. The largest absolute Gasteiger partial charge is 0.507 e. The third-order valence-electron chi connectivity index (χ3n) is 2.19. The summed E-state index contributed by atoms with van der Waals surface area (Å²) < 4.78 is 0.999. The minimum Gasteiger partial charge on any atom is -0.507 e. The first-order valence-corrected chi connectivity index (χ1v) is 5.11. The zero-order valence-corrected chi connectivity index (χ0v) is 9.08. The Morgan fingerprint density at radius 3 is 2.71 bits per heavy atom. The summed E-state index contributed by atoms with van der Waals surface area (Å²) in [4.78, 5) is 0. The fourth-order valence-corrected chi connectivity index (χ4v) is 1.88. The van der Waals surface area contributed by atoms with E-state index in [1.807, 2.05) is 24.3 Å². The Kier molecular flexibility index (Phi) is 2.44. The van der Waals surface area contributed by atoms with Gasteiger partial charge in [0.25, 0.3) is 0 Å². The van der Waals surface area contributed by atoms with E-state index in [9.17, 15) is 5.11 Å². The summed E-state index contributed by atoms with van der Waals surface area (Å²) >= 11 is 3.39. The number of aromatic hydroxyl groups is 1. The van der Waals surface area contributed by atoms with Crippen molar-refractivity contribution in [1.29, 1.82) is 0 Å². The molecule has 3 N–H and O–H groups in total. The maximum Gasteiger partial charge on any atom is 0.123 e. The van der Waals surface area contributed by atoms with Crippen molar-refractivity contribution in [2.24, 2.45) is 5.73 Å². The molecule has 0 saturated carbocycles. The number of phenols is 1. The topological polar surface area (TPSA) is 46.2 Å². The molecule has 0 aliphatic heterocycles. The van der Waals surface area contributed by atoms with Gasteiger partial charge in [0.2, 0.25) is 0 Å². The average molecular weight is 252 g/mol. The van der Waals surface area contributed by atoms with Crippen LogP contribution in [0.15, 0.2) is 34.8 Å². The van der Waals surface area contributed by atoms with E-state index in [0.29, 0.717) is 6.54 Å². The standard InChI is InChI=1S/C11H10BrNO/c12-9-1-2-10-8(5-9)3-7(6-13)4-11(10)14/h1-5,14H,6,13H2. The van der Waals surface area contributed by atoms with Crippen LogP contribution in [0.3, 0.4) is 0 Å². The number of hydrogen-bond donors (Lipinski definition) is 2. The highest BCUT2D eigenvalue weighted by atomic mass is 79.9. The zero-order chi connectivity index (χ0) is 10.1. The van der Waals surface area contributed by atoms with Crippen molar-refractivity contribution in [2.45, 2.75) is 6.54 Å². The molecule has 2 nitrogen and oxygen atoms in total. The molecule has 14 heavy (non-hydrogen) atoms. The highest BCUT2D eigenvalue weighted by Gasteiger charge is 2.02. The summed E-state index contributed by atoms with van der Waals surface area (Å²) in [5.74, 6) is 0.287. The second-order valence-electron chi connectivity index (χ2n) is 3.18. The maximum atomic E-state index is 9.70. The van der Waals surface area contributed by atoms with Gasteiger partial charge in [-0.25, -0.2) is 0 Å². The van der Waals surface area contributed by atoms with Gasteiger partial charge in [-0.2, -0.15) is 0 Å².